The summed E-state index contributed by atoms with van der Waals surface area (Å²) in [5.74, 6) is -1.48. The molecule has 2 fully saturated rings. The molecular weight excluding hydrogens is 234 g/mol. The topological polar surface area (TPSA) is 75.6 Å². The molecule has 0 aromatic heterocycles. The number of carbonyl (C=O) groups is 2. The Hall–Kier alpha value is -1.10. The van der Waals surface area contributed by atoms with Crippen LogP contribution in [-0.2, 0) is 14.3 Å². The third-order valence-corrected chi connectivity index (χ3v) is 4.02. The first-order valence-corrected chi connectivity index (χ1v) is 6.69. The van der Waals surface area contributed by atoms with Crippen molar-refractivity contribution in [1.29, 1.82) is 0 Å². The van der Waals surface area contributed by atoms with Gasteiger partial charge in [-0.15, -0.1) is 0 Å². The fourth-order valence-corrected chi connectivity index (χ4v) is 3.00. The Balaban J connectivity index is 1.92. The normalized spacial score (nSPS) is 33.3. The number of carboxylic acids is 1. The standard InChI is InChI=1S/C13H21NO4/c1-8-6-10(11(7-8)13(16)17)12(15)14-9-2-4-18-5-3-9/h8-11H,2-7H2,1H3,(H,14,15)(H,16,17). The molecule has 1 amide bonds. The molecule has 3 unspecified atom stereocenters. The van der Waals surface area contributed by atoms with Crippen molar-refractivity contribution in [3.05, 3.63) is 0 Å². The molecule has 5 nitrogen and oxygen atoms in total. The lowest BCUT2D eigenvalue weighted by Gasteiger charge is -2.25. The molecular formula is C13H21NO4. The van der Waals surface area contributed by atoms with E-state index in [1.807, 2.05) is 6.92 Å². The van der Waals surface area contributed by atoms with Gasteiger partial charge >= 0.3 is 5.97 Å². The van der Waals surface area contributed by atoms with E-state index in [0.717, 1.165) is 12.8 Å². The molecule has 1 aliphatic heterocycles. The third kappa shape index (κ3) is 3.02. The zero-order chi connectivity index (χ0) is 13.1. The molecule has 0 aromatic carbocycles. The molecule has 18 heavy (non-hydrogen) atoms. The first kappa shape index (κ1) is 13.3. The van der Waals surface area contributed by atoms with Crippen molar-refractivity contribution < 1.29 is 19.4 Å². The van der Waals surface area contributed by atoms with Crippen molar-refractivity contribution in [3.8, 4) is 0 Å². The number of hydrogen-bond acceptors (Lipinski definition) is 3. The monoisotopic (exact) mass is 255 g/mol. The smallest absolute Gasteiger partial charge is 0.307 e. The summed E-state index contributed by atoms with van der Waals surface area (Å²) in [5, 5.41) is 12.1. The van der Waals surface area contributed by atoms with Gasteiger partial charge in [-0.25, -0.2) is 0 Å². The Morgan fingerprint density at radius 3 is 2.39 bits per heavy atom. The quantitative estimate of drug-likeness (QED) is 0.789. The summed E-state index contributed by atoms with van der Waals surface area (Å²) >= 11 is 0. The van der Waals surface area contributed by atoms with Crippen LogP contribution >= 0.6 is 0 Å². The van der Waals surface area contributed by atoms with Crippen LogP contribution in [0.5, 0.6) is 0 Å². The lowest BCUT2D eigenvalue weighted by atomic mass is 9.94. The molecule has 102 valence electrons. The van der Waals surface area contributed by atoms with E-state index >= 15 is 0 Å². The highest BCUT2D eigenvalue weighted by molar-refractivity contribution is 5.85. The predicted octanol–water partition coefficient (Wildman–Crippen LogP) is 1.03. The second kappa shape index (κ2) is 5.69. The highest BCUT2D eigenvalue weighted by atomic mass is 16.5. The van der Waals surface area contributed by atoms with E-state index in [0.29, 0.717) is 32.0 Å². The lowest BCUT2D eigenvalue weighted by molar-refractivity contribution is -0.146. The van der Waals surface area contributed by atoms with Crippen LogP contribution in [0.3, 0.4) is 0 Å². The molecule has 0 radical (unpaired) electrons. The van der Waals surface area contributed by atoms with Crippen LogP contribution in [0.2, 0.25) is 0 Å². The van der Waals surface area contributed by atoms with E-state index in [9.17, 15) is 9.59 Å². The Kier molecular flexibility index (Phi) is 4.22. The number of rotatable bonds is 3. The Bertz CT molecular complexity index is 325. The van der Waals surface area contributed by atoms with Gasteiger partial charge in [-0.05, 0) is 31.6 Å². The van der Waals surface area contributed by atoms with Gasteiger partial charge in [0.1, 0.15) is 0 Å². The summed E-state index contributed by atoms with van der Waals surface area (Å²) in [6.07, 6.45) is 2.95. The van der Waals surface area contributed by atoms with Crippen molar-refractivity contribution in [2.24, 2.45) is 17.8 Å². The van der Waals surface area contributed by atoms with Crippen molar-refractivity contribution in [2.45, 2.75) is 38.6 Å². The molecule has 0 aromatic rings. The largest absolute Gasteiger partial charge is 0.481 e. The van der Waals surface area contributed by atoms with E-state index in [2.05, 4.69) is 5.32 Å². The molecule has 3 atom stereocenters. The highest BCUT2D eigenvalue weighted by Gasteiger charge is 2.41. The molecule has 1 saturated heterocycles. The summed E-state index contributed by atoms with van der Waals surface area (Å²) in [6, 6.07) is 0.150. The van der Waals surface area contributed by atoms with Gasteiger partial charge in [-0.3, -0.25) is 9.59 Å². The van der Waals surface area contributed by atoms with Crippen molar-refractivity contribution in [3.63, 3.8) is 0 Å². The van der Waals surface area contributed by atoms with Gasteiger partial charge in [0.05, 0.1) is 11.8 Å². The van der Waals surface area contributed by atoms with Crippen molar-refractivity contribution in [2.75, 3.05) is 13.2 Å². The molecule has 1 aliphatic carbocycles. The van der Waals surface area contributed by atoms with Crippen molar-refractivity contribution in [1.82, 2.24) is 5.32 Å². The number of nitrogens with one attached hydrogen (secondary N) is 1. The number of carbonyl (C=O) groups excluding carboxylic acids is 1. The molecule has 0 bridgehead atoms. The number of ether oxygens (including phenoxy) is 1. The van der Waals surface area contributed by atoms with Crippen LogP contribution in [0.15, 0.2) is 0 Å². The summed E-state index contributed by atoms with van der Waals surface area (Å²) in [7, 11) is 0. The van der Waals surface area contributed by atoms with E-state index < -0.39 is 11.9 Å². The Morgan fingerprint density at radius 2 is 1.78 bits per heavy atom. The molecule has 2 N–H and O–H groups in total. The van der Waals surface area contributed by atoms with Gasteiger partial charge in [-0.1, -0.05) is 6.92 Å². The Labute approximate surface area is 107 Å². The zero-order valence-electron chi connectivity index (χ0n) is 10.7. The van der Waals surface area contributed by atoms with Crippen LogP contribution in [-0.4, -0.2) is 36.2 Å². The lowest BCUT2D eigenvalue weighted by Crippen LogP contribution is -2.43. The van der Waals surface area contributed by atoms with Gasteiger partial charge in [0.2, 0.25) is 5.91 Å². The van der Waals surface area contributed by atoms with Crippen LogP contribution in [0.1, 0.15) is 32.6 Å². The van der Waals surface area contributed by atoms with Gasteiger partial charge in [0.15, 0.2) is 0 Å². The first-order chi connectivity index (χ1) is 8.58. The maximum absolute atomic E-state index is 12.2. The molecule has 2 aliphatic rings. The van der Waals surface area contributed by atoms with Crippen LogP contribution < -0.4 is 5.32 Å². The van der Waals surface area contributed by atoms with E-state index in [-0.39, 0.29) is 17.9 Å². The number of hydrogen-bond donors (Lipinski definition) is 2. The van der Waals surface area contributed by atoms with Gasteiger partial charge in [-0.2, -0.15) is 0 Å². The van der Waals surface area contributed by atoms with Gasteiger partial charge in [0.25, 0.3) is 0 Å². The minimum absolute atomic E-state index is 0.0846. The maximum atomic E-state index is 12.2. The minimum atomic E-state index is -0.841. The molecule has 5 heteroatoms. The van der Waals surface area contributed by atoms with E-state index in [1.54, 1.807) is 0 Å². The maximum Gasteiger partial charge on any atom is 0.307 e. The summed E-state index contributed by atoms with van der Waals surface area (Å²) in [5.41, 5.74) is 0. The number of aliphatic carboxylic acids is 1. The third-order valence-electron chi connectivity index (χ3n) is 4.02. The molecule has 1 heterocycles. The highest BCUT2D eigenvalue weighted by Crippen LogP contribution is 2.36. The first-order valence-electron chi connectivity index (χ1n) is 6.69. The summed E-state index contributed by atoms with van der Waals surface area (Å²) in [4.78, 5) is 23.3. The second-order valence-corrected chi connectivity index (χ2v) is 5.52. The molecule has 2 rings (SSSR count). The van der Waals surface area contributed by atoms with Crippen LogP contribution in [0.4, 0.5) is 0 Å². The van der Waals surface area contributed by atoms with Crippen molar-refractivity contribution >= 4 is 11.9 Å². The summed E-state index contributed by atoms with van der Waals surface area (Å²) in [6.45, 7) is 3.36. The van der Waals surface area contributed by atoms with Crippen LogP contribution in [0, 0.1) is 17.8 Å². The fraction of sp³-hybridized carbons (Fsp3) is 0.846. The molecule has 1 saturated carbocycles. The fourth-order valence-electron chi connectivity index (χ4n) is 3.00. The predicted molar refractivity (Wildman–Crippen MR) is 65.0 cm³/mol. The average molecular weight is 255 g/mol. The van der Waals surface area contributed by atoms with E-state index in [4.69, 9.17) is 9.84 Å². The van der Waals surface area contributed by atoms with Crippen LogP contribution in [0.25, 0.3) is 0 Å². The van der Waals surface area contributed by atoms with E-state index in [1.165, 1.54) is 0 Å². The second-order valence-electron chi connectivity index (χ2n) is 5.52. The number of carboxylic acid groups (broad SMARTS) is 1. The summed E-state index contributed by atoms with van der Waals surface area (Å²) < 4.78 is 5.24. The zero-order valence-corrected chi connectivity index (χ0v) is 10.7. The Morgan fingerprint density at radius 1 is 1.17 bits per heavy atom. The van der Waals surface area contributed by atoms with Gasteiger partial charge in [0, 0.05) is 19.3 Å². The average Bonchev–Trinajstić information content (AvgIpc) is 2.73. The number of amides is 1. The van der Waals surface area contributed by atoms with Gasteiger partial charge < -0.3 is 15.2 Å². The minimum Gasteiger partial charge on any atom is -0.481 e. The SMILES string of the molecule is CC1CC(C(=O)O)C(C(=O)NC2CCOCC2)C1. The molecule has 0 spiro atoms.